The number of hydrogen-bond acceptors (Lipinski definition) is 3. The molecule has 1 heterocycles. The third kappa shape index (κ3) is 3.54. The first kappa shape index (κ1) is 14.2. The molecule has 2 atom stereocenters. The summed E-state index contributed by atoms with van der Waals surface area (Å²) >= 11 is 0. The van der Waals surface area contributed by atoms with Gasteiger partial charge in [0, 0.05) is 39.0 Å². The van der Waals surface area contributed by atoms with E-state index in [0.29, 0.717) is 0 Å². The number of aromatic nitrogens is 2. The molecular formula is C13H25N3O. The predicted molar refractivity (Wildman–Crippen MR) is 70.0 cm³/mol. The molecule has 1 rings (SSSR count). The van der Waals surface area contributed by atoms with Crippen LogP contribution < -0.4 is 5.32 Å². The van der Waals surface area contributed by atoms with Gasteiger partial charge in [0.15, 0.2) is 0 Å². The van der Waals surface area contributed by atoms with E-state index in [1.807, 2.05) is 26.5 Å². The fraction of sp³-hybridized carbons (Fsp3) is 0.769. The summed E-state index contributed by atoms with van der Waals surface area (Å²) in [7, 11) is 5.78. The Labute approximate surface area is 104 Å². The molecule has 0 saturated carbocycles. The van der Waals surface area contributed by atoms with Gasteiger partial charge in [-0.3, -0.25) is 0 Å². The van der Waals surface area contributed by atoms with Crippen LogP contribution in [-0.4, -0.2) is 35.9 Å². The SMILES string of the molecule is CNC(Cc1nccn1C)C(OC)C(C)(C)C. The van der Waals surface area contributed by atoms with Crippen molar-refractivity contribution in [2.75, 3.05) is 14.2 Å². The minimum atomic E-state index is 0.105. The molecule has 0 aliphatic heterocycles. The van der Waals surface area contributed by atoms with Gasteiger partial charge in [-0.25, -0.2) is 4.98 Å². The zero-order valence-corrected chi connectivity index (χ0v) is 11.8. The van der Waals surface area contributed by atoms with Gasteiger partial charge in [-0.05, 0) is 12.5 Å². The number of nitrogens with one attached hydrogen (secondary N) is 1. The molecule has 0 aliphatic carbocycles. The van der Waals surface area contributed by atoms with E-state index in [1.54, 1.807) is 7.11 Å². The first-order chi connectivity index (χ1) is 7.90. The Bertz CT molecular complexity index is 341. The Morgan fingerprint density at radius 1 is 1.47 bits per heavy atom. The fourth-order valence-electron chi connectivity index (χ4n) is 2.27. The van der Waals surface area contributed by atoms with Crippen molar-refractivity contribution in [3.8, 4) is 0 Å². The van der Waals surface area contributed by atoms with E-state index in [9.17, 15) is 0 Å². The second kappa shape index (κ2) is 5.65. The number of imidazole rings is 1. The number of hydrogen-bond donors (Lipinski definition) is 1. The van der Waals surface area contributed by atoms with Crippen LogP contribution in [0.5, 0.6) is 0 Å². The van der Waals surface area contributed by atoms with E-state index < -0.39 is 0 Å². The zero-order chi connectivity index (χ0) is 13.1. The highest BCUT2D eigenvalue weighted by atomic mass is 16.5. The van der Waals surface area contributed by atoms with Gasteiger partial charge < -0.3 is 14.6 Å². The van der Waals surface area contributed by atoms with E-state index in [0.717, 1.165) is 12.2 Å². The standard InChI is InChI=1S/C13H25N3O/c1-13(2,3)12(17-6)10(14-4)9-11-15-7-8-16(11)5/h7-8,10,12,14H,9H2,1-6H3. The monoisotopic (exact) mass is 239 g/mol. The third-order valence-electron chi connectivity index (χ3n) is 3.17. The van der Waals surface area contributed by atoms with E-state index >= 15 is 0 Å². The van der Waals surface area contributed by atoms with Gasteiger partial charge in [0.25, 0.3) is 0 Å². The Balaban J connectivity index is 2.81. The third-order valence-corrected chi connectivity index (χ3v) is 3.17. The molecule has 0 bridgehead atoms. The van der Waals surface area contributed by atoms with Crippen molar-refractivity contribution in [2.45, 2.75) is 39.3 Å². The lowest BCUT2D eigenvalue weighted by molar-refractivity contribution is -0.00976. The molecule has 0 amide bonds. The molecule has 0 fully saturated rings. The van der Waals surface area contributed by atoms with Crippen LogP contribution in [0.15, 0.2) is 12.4 Å². The van der Waals surface area contributed by atoms with Crippen LogP contribution in [0, 0.1) is 5.41 Å². The fourth-order valence-corrected chi connectivity index (χ4v) is 2.27. The normalized spacial score (nSPS) is 15.9. The predicted octanol–water partition coefficient (Wildman–Crippen LogP) is 1.61. The highest BCUT2D eigenvalue weighted by Crippen LogP contribution is 2.25. The van der Waals surface area contributed by atoms with Gasteiger partial charge in [0.1, 0.15) is 5.82 Å². The lowest BCUT2D eigenvalue weighted by Crippen LogP contribution is -2.48. The number of likely N-dealkylation sites (N-methyl/N-ethyl adjacent to an activating group) is 1. The first-order valence-corrected chi connectivity index (χ1v) is 6.06. The lowest BCUT2D eigenvalue weighted by Gasteiger charge is -2.35. The average molecular weight is 239 g/mol. The minimum Gasteiger partial charge on any atom is -0.379 e. The van der Waals surface area contributed by atoms with Crippen molar-refractivity contribution >= 4 is 0 Å². The largest absolute Gasteiger partial charge is 0.379 e. The number of ether oxygens (including phenoxy) is 1. The summed E-state index contributed by atoms with van der Waals surface area (Å²) in [6.45, 7) is 6.60. The quantitative estimate of drug-likeness (QED) is 0.848. The minimum absolute atomic E-state index is 0.105. The number of aryl methyl sites for hydroxylation is 1. The summed E-state index contributed by atoms with van der Waals surface area (Å²) in [5.74, 6) is 1.08. The van der Waals surface area contributed by atoms with Crippen molar-refractivity contribution in [3.63, 3.8) is 0 Å². The number of methoxy groups -OCH3 is 1. The summed E-state index contributed by atoms with van der Waals surface area (Å²) in [5, 5.41) is 3.35. The van der Waals surface area contributed by atoms with E-state index in [-0.39, 0.29) is 17.6 Å². The van der Waals surface area contributed by atoms with Gasteiger partial charge in [0.2, 0.25) is 0 Å². The molecule has 98 valence electrons. The molecule has 2 unspecified atom stereocenters. The second-order valence-corrected chi connectivity index (χ2v) is 5.58. The van der Waals surface area contributed by atoms with Crippen molar-refractivity contribution < 1.29 is 4.74 Å². The van der Waals surface area contributed by atoms with Crippen LogP contribution in [0.25, 0.3) is 0 Å². The maximum Gasteiger partial charge on any atom is 0.110 e. The average Bonchev–Trinajstić information content (AvgIpc) is 2.62. The van der Waals surface area contributed by atoms with Crippen LogP contribution in [0.1, 0.15) is 26.6 Å². The molecule has 4 heteroatoms. The van der Waals surface area contributed by atoms with Crippen LogP contribution in [-0.2, 0) is 18.2 Å². The van der Waals surface area contributed by atoms with Gasteiger partial charge in [-0.2, -0.15) is 0 Å². The maximum absolute atomic E-state index is 5.66. The summed E-state index contributed by atoms with van der Waals surface area (Å²) in [5.41, 5.74) is 0.105. The lowest BCUT2D eigenvalue weighted by atomic mass is 9.83. The highest BCUT2D eigenvalue weighted by molar-refractivity contribution is 4.98. The van der Waals surface area contributed by atoms with E-state index in [2.05, 4.69) is 35.6 Å². The van der Waals surface area contributed by atoms with Crippen LogP contribution >= 0.6 is 0 Å². The van der Waals surface area contributed by atoms with Gasteiger partial charge in [0.05, 0.1) is 6.10 Å². The van der Waals surface area contributed by atoms with Crippen molar-refractivity contribution in [1.82, 2.24) is 14.9 Å². The van der Waals surface area contributed by atoms with E-state index in [1.165, 1.54) is 0 Å². The smallest absolute Gasteiger partial charge is 0.110 e. The summed E-state index contributed by atoms with van der Waals surface area (Å²) in [4.78, 5) is 4.37. The number of nitrogens with zero attached hydrogens (tertiary/aromatic N) is 2. The molecule has 0 aliphatic rings. The summed E-state index contributed by atoms with van der Waals surface area (Å²) < 4.78 is 7.71. The van der Waals surface area contributed by atoms with Gasteiger partial charge >= 0.3 is 0 Å². The molecule has 17 heavy (non-hydrogen) atoms. The first-order valence-electron chi connectivity index (χ1n) is 6.06. The summed E-state index contributed by atoms with van der Waals surface area (Å²) in [6.07, 6.45) is 4.83. The molecule has 1 N–H and O–H groups in total. The Morgan fingerprint density at radius 3 is 2.47 bits per heavy atom. The van der Waals surface area contributed by atoms with Crippen molar-refractivity contribution in [1.29, 1.82) is 0 Å². The Morgan fingerprint density at radius 2 is 2.12 bits per heavy atom. The molecule has 0 spiro atoms. The van der Waals surface area contributed by atoms with E-state index in [4.69, 9.17) is 4.74 Å². The molecule has 0 radical (unpaired) electrons. The molecule has 4 nitrogen and oxygen atoms in total. The number of rotatable bonds is 5. The highest BCUT2D eigenvalue weighted by Gasteiger charge is 2.32. The molecule has 0 aromatic carbocycles. The van der Waals surface area contributed by atoms with Crippen LogP contribution in [0.4, 0.5) is 0 Å². The molecule has 1 aromatic rings. The molecular weight excluding hydrogens is 214 g/mol. The van der Waals surface area contributed by atoms with Crippen molar-refractivity contribution in [2.24, 2.45) is 12.5 Å². The second-order valence-electron chi connectivity index (χ2n) is 5.58. The summed E-state index contributed by atoms with van der Waals surface area (Å²) in [6, 6.07) is 0.265. The Hall–Kier alpha value is -0.870. The molecule has 0 saturated heterocycles. The van der Waals surface area contributed by atoms with Crippen molar-refractivity contribution in [3.05, 3.63) is 18.2 Å². The van der Waals surface area contributed by atoms with Gasteiger partial charge in [-0.1, -0.05) is 20.8 Å². The van der Waals surface area contributed by atoms with Gasteiger partial charge in [-0.15, -0.1) is 0 Å². The zero-order valence-electron chi connectivity index (χ0n) is 11.8. The molecule has 1 aromatic heterocycles. The topological polar surface area (TPSA) is 39.1 Å². The Kier molecular flexibility index (Phi) is 4.71. The maximum atomic E-state index is 5.66. The van der Waals surface area contributed by atoms with Crippen LogP contribution in [0.3, 0.4) is 0 Å². The van der Waals surface area contributed by atoms with Crippen LogP contribution in [0.2, 0.25) is 0 Å².